The molecule has 1 heterocycles. The minimum absolute atomic E-state index is 0.210. The Hall–Kier alpha value is -1.71. The number of hydrogen-bond donors (Lipinski definition) is 1. The van der Waals surface area contributed by atoms with Crippen LogP contribution in [-0.4, -0.2) is 35.7 Å². The standard InChI is InChI=1S/C17H26N2O2/c1-13-7-9-14(10-8-13)18-15-6-5-11-19(12-15)16(20)21-17(2,3)4/h7-10,15,18H,5-6,11-12H2,1-4H3/t15-/m0/s1. The molecule has 1 atom stereocenters. The first-order chi connectivity index (χ1) is 9.83. The first kappa shape index (κ1) is 15.7. The molecule has 1 aliphatic heterocycles. The van der Waals surface area contributed by atoms with Gasteiger partial charge in [-0.05, 0) is 52.7 Å². The lowest BCUT2D eigenvalue weighted by molar-refractivity contribution is 0.0206. The highest BCUT2D eigenvalue weighted by molar-refractivity contribution is 5.68. The van der Waals surface area contributed by atoms with Gasteiger partial charge in [0.25, 0.3) is 0 Å². The fourth-order valence-electron chi connectivity index (χ4n) is 2.47. The van der Waals surface area contributed by atoms with Crippen LogP contribution in [0.2, 0.25) is 0 Å². The van der Waals surface area contributed by atoms with Gasteiger partial charge in [0.05, 0.1) is 0 Å². The van der Waals surface area contributed by atoms with Crippen molar-refractivity contribution in [1.29, 1.82) is 0 Å². The summed E-state index contributed by atoms with van der Waals surface area (Å²) >= 11 is 0. The summed E-state index contributed by atoms with van der Waals surface area (Å²) in [7, 11) is 0. The SMILES string of the molecule is Cc1ccc(N[C@H]2CCCN(C(=O)OC(C)(C)C)C2)cc1. The second kappa shape index (κ2) is 6.37. The Morgan fingerprint density at radius 1 is 1.29 bits per heavy atom. The average molecular weight is 290 g/mol. The van der Waals surface area contributed by atoms with Crippen LogP contribution in [0.5, 0.6) is 0 Å². The van der Waals surface area contributed by atoms with Crippen LogP contribution in [-0.2, 0) is 4.74 Å². The Morgan fingerprint density at radius 2 is 1.95 bits per heavy atom. The molecular weight excluding hydrogens is 264 g/mol. The van der Waals surface area contributed by atoms with Crippen molar-refractivity contribution in [3.63, 3.8) is 0 Å². The largest absolute Gasteiger partial charge is 0.444 e. The fourth-order valence-corrected chi connectivity index (χ4v) is 2.47. The zero-order valence-electron chi connectivity index (χ0n) is 13.5. The van der Waals surface area contributed by atoms with Crippen molar-refractivity contribution in [3.05, 3.63) is 29.8 Å². The topological polar surface area (TPSA) is 41.6 Å². The molecule has 0 aromatic heterocycles. The molecule has 0 unspecified atom stereocenters. The summed E-state index contributed by atoms with van der Waals surface area (Å²) in [5.74, 6) is 0. The predicted octanol–water partition coefficient (Wildman–Crippen LogP) is 3.81. The summed E-state index contributed by atoms with van der Waals surface area (Å²) < 4.78 is 5.45. The van der Waals surface area contributed by atoms with E-state index in [2.05, 4.69) is 36.5 Å². The number of rotatable bonds is 2. The third kappa shape index (κ3) is 4.96. The summed E-state index contributed by atoms with van der Waals surface area (Å²) in [5.41, 5.74) is 1.92. The molecule has 1 saturated heterocycles. The smallest absolute Gasteiger partial charge is 0.410 e. The van der Waals surface area contributed by atoms with Crippen LogP contribution >= 0.6 is 0 Å². The van der Waals surface area contributed by atoms with Gasteiger partial charge in [0.2, 0.25) is 0 Å². The number of likely N-dealkylation sites (tertiary alicyclic amines) is 1. The second-order valence-electron chi connectivity index (χ2n) is 6.78. The Balaban J connectivity index is 1.91. The normalized spacial score (nSPS) is 19.2. The van der Waals surface area contributed by atoms with Gasteiger partial charge in [0.1, 0.15) is 5.60 Å². The van der Waals surface area contributed by atoms with E-state index in [9.17, 15) is 4.79 Å². The Morgan fingerprint density at radius 3 is 2.57 bits per heavy atom. The number of benzene rings is 1. The molecule has 4 nitrogen and oxygen atoms in total. The van der Waals surface area contributed by atoms with Gasteiger partial charge in [0.15, 0.2) is 0 Å². The van der Waals surface area contributed by atoms with Gasteiger partial charge in [-0.3, -0.25) is 0 Å². The molecule has 2 rings (SSSR count). The van der Waals surface area contributed by atoms with Gasteiger partial charge in [-0.1, -0.05) is 17.7 Å². The number of nitrogens with zero attached hydrogens (tertiary/aromatic N) is 1. The van der Waals surface area contributed by atoms with Crippen molar-refractivity contribution in [2.45, 2.75) is 52.2 Å². The molecule has 1 aromatic carbocycles. The number of carbonyl (C=O) groups is 1. The molecule has 4 heteroatoms. The number of amides is 1. The summed E-state index contributed by atoms with van der Waals surface area (Å²) in [6.07, 6.45) is 1.87. The van der Waals surface area contributed by atoms with E-state index in [4.69, 9.17) is 4.74 Å². The molecule has 1 amide bonds. The lowest BCUT2D eigenvalue weighted by Crippen LogP contribution is -2.46. The number of hydrogen-bond acceptors (Lipinski definition) is 3. The summed E-state index contributed by atoms with van der Waals surface area (Å²) in [4.78, 5) is 13.9. The number of nitrogens with one attached hydrogen (secondary N) is 1. The Bertz CT molecular complexity index is 477. The third-order valence-electron chi connectivity index (χ3n) is 3.50. The van der Waals surface area contributed by atoms with Crippen LogP contribution in [0.4, 0.5) is 10.5 Å². The minimum atomic E-state index is -0.436. The van der Waals surface area contributed by atoms with Crippen LogP contribution in [0.1, 0.15) is 39.2 Å². The first-order valence-corrected chi connectivity index (χ1v) is 7.64. The molecule has 1 aliphatic rings. The molecule has 1 aromatic rings. The predicted molar refractivity (Wildman–Crippen MR) is 85.6 cm³/mol. The summed E-state index contributed by atoms with van der Waals surface area (Å²) in [5, 5.41) is 3.51. The van der Waals surface area contributed by atoms with Crippen LogP contribution in [0, 0.1) is 6.92 Å². The number of anilines is 1. The summed E-state index contributed by atoms with van der Waals surface area (Å²) in [6.45, 7) is 9.25. The zero-order chi connectivity index (χ0) is 15.5. The van der Waals surface area contributed by atoms with E-state index in [1.54, 1.807) is 4.90 Å². The average Bonchev–Trinajstić information content (AvgIpc) is 2.40. The number of piperidine rings is 1. The van der Waals surface area contributed by atoms with Crippen LogP contribution in [0.15, 0.2) is 24.3 Å². The molecule has 21 heavy (non-hydrogen) atoms. The van der Waals surface area contributed by atoms with Gasteiger partial charge < -0.3 is 15.0 Å². The van der Waals surface area contributed by atoms with Gasteiger partial charge in [-0.15, -0.1) is 0 Å². The maximum absolute atomic E-state index is 12.1. The molecule has 0 radical (unpaired) electrons. The summed E-state index contributed by atoms with van der Waals surface area (Å²) in [6, 6.07) is 8.64. The molecule has 0 bridgehead atoms. The van der Waals surface area contributed by atoms with E-state index < -0.39 is 5.60 Å². The molecule has 0 spiro atoms. The number of carbonyl (C=O) groups excluding carboxylic acids is 1. The molecule has 0 saturated carbocycles. The Kier molecular flexibility index (Phi) is 4.76. The van der Waals surface area contributed by atoms with Crippen molar-refractivity contribution in [2.75, 3.05) is 18.4 Å². The highest BCUT2D eigenvalue weighted by Gasteiger charge is 2.27. The van der Waals surface area contributed by atoms with E-state index in [-0.39, 0.29) is 12.1 Å². The third-order valence-corrected chi connectivity index (χ3v) is 3.50. The van der Waals surface area contributed by atoms with E-state index in [1.165, 1.54) is 5.56 Å². The van der Waals surface area contributed by atoms with Crippen LogP contribution in [0.25, 0.3) is 0 Å². The Labute approximate surface area is 127 Å². The van der Waals surface area contributed by atoms with Crippen molar-refractivity contribution < 1.29 is 9.53 Å². The highest BCUT2D eigenvalue weighted by Crippen LogP contribution is 2.19. The number of aryl methyl sites for hydroxylation is 1. The monoisotopic (exact) mass is 290 g/mol. The highest BCUT2D eigenvalue weighted by atomic mass is 16.6. The van der Waals surface area contributed by atoms with E-state index in [0.717, 1.165) is 25.1 Å². The van der Waals surface area contributed by atoms with E-state index >= 15 is 0 Å². The van der Waals surface area contributed by atoms with Crippen molar-refractivity contribution in [2.24, 2.45) is 0 Å². The van der Waals surface area contributed by atoms with Crippen LogP contribution in [0.3, 0.4) is 0 Å². The molecular formula is C17H26N2O2. The van der Waals surface area contributed by atoms with Crippen molar-refractivity contribution in [3.8, 4) is 0 Å². The molecule has 1 N–H and O–H groups in total. The van der Waals surface area contributed by atoms with Crippen molar-refractivity contribution >= 4 is 11.8 Å². The molecule has 0 aliphatic carbocycles. The van der Waals surface area contributed by atoms with Gasteiger partial charge in [-0.2, -0.15) is 0 Å². The van der Waals surface area contributed by atoms with E-state index in [0.29, 0.717) is 6.54 Å². The zero-order valence-corrected chi connectivity index (χ0v) is 13.5. The lowest BCUT2D eigenvalue weighted by Gasteiger charge is -2.34. The maximum atomic E-state index is 12.1. The van der Waals surface area contributed by atoms with Crippen molar-refractivity contribution in [1.82, 2.24) is 4.90 Å². The minimum Gasteiger partial charge on any atom is -0.444 e. The quantitative estimate of drug-likeness (QED) is 0.900. The lowest BCUT2D eigenvalue weighted by atomic mass is 10.1. The maximum Gasteiger partial charge on any atom is 0.410 e. The number of ether oxygens (including phenoxy) is 1. The van der Waals surface area contributed by atoms with Gasteiger partial charge >= 0.3 is 6.09 Å². The fraction of sp³-hybridized carbons (Fsp3) is 0.588. The van der Waals surface area contributed by atoms with Gasteiger partial charge in [-0.25, -0.2) is 4.79 Å². The second-order valence-corrected chi connectivity index (χ2v) is 6.78. The van der Waals surface area contributed by atoms with E-state index in [1.807, 2.05) is 20.8 Å². The van der Waals surface area contributed by atoms with Gasteiger partial charge in [0, 0.05) is 24.8 Å². The molecule has 116 valence electrons. The molecule has 1 fully saturated rings. The first-order valence-electron chi connectivity index (χ1n) is 7.64. The van der Waals surface area contributed by atoms with Crippen LogP contribution < -0.4 is 5.32 Å².